The molecule has 6 N–H and O–H groups in total. The molecule has 0 bridgehead atoms. The summed E-state index contributed by atoms with van der Waals surface area (Å²) in [6, 6.07) is 1.57. The molecule has 0 radical (unpaired) electrons. The second-order valence-electron chi connectivity index (χ2n) is 4.91. The van der Waals surface area contributed by atoms with Gasteiger partial charge in [0.05, 0.1) is 22.5 Å². The molecule has 0 saturated heterocycles. The molecular formula is C14H10F6N2O2. The van der Waals surface area contributed by atoms with Gasteiger partial charge in [-0.1, -0.05) is 0 Å². The Morgan fingerprint density at radius 1 is 0.625 bits per heavy atom. The minimum atomic E-state index is -5.07. The van der Waals surface area contributed by atoms with Gasteiger partial charge >= 0.3 is 12.4 Å². The average molecular weight is 352 g/mol. The van der Waals surface area contributed by atoms with Gasteiger partial charge in [0, 0.05) is 0 Å². The number of nitrogen functional groups attached to an aromatic ring is 2. The molecule has 2 aromatic rings. The van der Waals surface area contributed by atoms with E-state index in [1.54, 1.807) is 0 Å². The number of hydrogen-bond donors (Lipinski definition) is 4. The first-order valence-electron chi connectivity index (χ1n) is 6.22. The molecule has 0 heterocycles. The highest BCUT2D eigenvalue weighted by molar-refractivity contribution is 5.80. The molecular weight excluding hydrogens is 342 g/mol. The summed E-state index contributed by atoms with van der Waals surface area (Å²) in [5.74, 6) is -1.75. The van der Waals surface area contributed by atoms with E-state index in [9.17, 15) is 36.6 Å². The zero-order chi connectivity index (χ0) is 18.4. The van der Waals surface area contributed by atoms with E-state index < -0.39 is 57.5 Å². The minimum absolute atomic E-state index is 0.220. The Morgan fingerprint density at radius 3 is 1.50 bits per heavy atom. The van der Waals surface area contributed by atoms with Crippen molar-refractivity contribution in [3.63, 3.8) is 0 Å². The fourth-order valence-electron chi connectivity index (χ4n) is 2.12. The van der Waals surface area contributed by atoms with Crippen molar-refractivity contribution in [3.8, 4) is 22.6 Å². The van der Waals surface area contributed by atoms with E-state index >= 15 is 0 Å². The smallest absolute Gasteiger partial charge is 0.417 e. The zero-order valence-electron chi connectivity index (χ0n) is 11.6. The van der Waals surface area contributed by atoms with Crippen LogP contribution in [-0.2, 0) is 12.4 Å². The molecule has 0 atom stereocenters. The lowest BCUT2D eigenvalue weighted by atomic mass is 9.93. The van der Waals surface area contributed by atoms with Crippen LogP contribution >= 0.6 is 0 Å². The molecule has 4 nitrogen and oxygen atoms in total. The van der Waals surface area contributed by atoms with Crippen LogP contribution in [0.25, 0.3) is 11.1 Å². The Morgan fingerprint density at radius 2 is 1.00 bits per heavy atom. The third-order valence-electron chi connectivity index (χ3n) is 3.23. The van der Waals surface area contributed by atoms with Gasteiger partial charge in [-0.25, -0.2) is 0 Å². The number of anilines is 2. The van der Waals surface area contributed by atoms with E-state index in [0.29, 0.717) is 18.2 Å². The number of rotatable bonds is 1. The largest absolute Gasteiger partial charge is 0.506 e. The lowest BCUT2D eigenvalue weighted by Crippen LogP contribution is -2.12. The molecule has 0 amide bonds. The predicted molar refractivity (Wildman–Crippen MR) is 74.0 cm³/mol. The second kappa shape index (κ2) is 5.39. The van der Waals surface area contributed by atoms with Gasteiger partial charge in [0.25, 0.3) is 0 Å². The maximum Gasteiger partial charge on any atom is 0.417 e. The topological polar surface area (TPSA) is 92.5 Å². The third-order valence-corrected chi connectivity index (χ3v) is 3.23. The molecule has 10 heteroatoms. The van der Waals surface area contributed by atoms with Crippen molar-refractivity contribution in [1.82, 2.24) is 0 Å². The Kier molecular flexibility index (Phi) is 3.95. The van der Waals surface area contributed by atoms with Crippen LogP contribution in [0.1, 0.15) is 11.1 Å². The Hall–Kier alpha value is -2.78. The summed E-state index contributed by atoms with van der Waals surface area (Å²) in [4.78, 5) is 0. The molecule has 130 valence electrons. The highest BCUT2D eigenvalue weighted by Crippen LogP contribution is 2.47. The van der Waals surface area contributed by atoms with Crippen LogP contribution in [0.3, 0.4) is 0 Å². The number of benzene rings is 2. The van der Waals surface area contributed by atoms with Crippen LogP contribution in [-0.4, -0.2) is 10.2 Å². The van der Waals surface area contributed by atoms with Crippen molar-refractivity contribution >= 4 is 11.4 Å². The summed E-state index contributed by atoms with van der Waals surface area (Å²) in [6.45, 7) is 0. The van der Waals surface area contributed by atoms with Crippen molar-refractivity contribution in [2.24, 2.45) is 0 Å². The van der Waals surface area contributed by atoms with Gasteiger partial charge in [-0.15, -0.1) is 0 Å². The van der Waals surface area contributed by atoms with Crippen LogP contribution in [0.2, 0.25) is 0 Å². The van der Waals surface area contributed by atoms with Crippen LogP contribution in [0.15, 0.2) is 24.3 Å². The number of phenols is 2. The van der Waals surface area contributed by atoms with Crippen molar-refractivity contribution in [2.75, 3.05) is 11.5 Å². The standard InChI is InChI=1S/C14H10F6N2O2/c15-13(16,17)7-3-10(22)11(23)2-6(7)5-1-9(21)12(24)4-8(5)14(18,19)20/h1-4,23-24H,21-22H2. The molecule has 0 saturated carbocycles. The highest BCUT2D eigenvalue weighted by Gasteiger charge is 2.39. The SMILES string of the molecule is Nc1cc(C(F)(F)F)c(-c2cc(N)c(O)cc2C(F)(F)F)cc1O. The molecule has 24 heavy (non-hydrogen) atoms. The van der Waals surface area contributed by atoms with Gasteiger partial charge < -0.3 is 21.7 Å². The summed E-state index contributed by atoms with van der Waals surface area (Å²) in [5, 5.41) is 18.9. The molecule has 2 aromatic carbocycles. The molecule has 0 unspecified atom stereocenters. The summed E-state index contributed by atoms with van der Waals surface area (Å²) < 4.78 is 78.9. The van der Waals surface area contributed by atoms with E-state index in [4.69, 9.17) is 11.5 Å². The molecule has 0 aliphatic carbocycles. The van der Waals surface area contributed by atoms with E-state index in [0.717, 1.165) is 0 Å². The van der Waals surface area contributed by atoms with Crippen molar-refractivity contribution < 1.29 is 36.6 Å². The van der Waals surface area contributed by atoms with Gasteiger partial charge in [0.15, 0.2) is 0 Å². The fraction of sp³-hybridized carbons (Fsp3) is 0.143. The highest BCUT2D eigenvalue weighted by atomic mass is 19.4. The monoisotopic (exact) mass is 352 g/mol. The van der Waals surface area contributed by atoms with Gasteiger partial charge in [0.1, 0.15) is 11.5 Å². The van der Waals surface area contributed by atoms with Crippen LogP contribution in [0.4, 0.5) is 37.7 Å². The fourth-order valence-corrected chi connectivity index (χ4v) is 2.12. The van der Waals surface area contributed by atoms with Crippen molar-refractivity contribution in [2.45, 2.75) is 12.4 Å². The first-order chi connectivity index (χ1) is 10.8. The van der Waals surface area contributed by atoms with Gasteiger partial charge in [0.2, 0.25) is 0 Å². The third kappa shape index (κ3) is 3.12. The summed E-state index contributed by atoms with van der Waals surface area (Å²) in [7, 11) is 0. The zero-order valence-corrected chi connectivity index (χ0v) is 11.6. The first kappa shape index (κ1) is 17.6. The Balaban J connectivity index is 2.91. The van der Waals surface area contributed by atoms with E-state index in [1.165, 1.54) is 0 Å². The quantitative estimate of drug-likeness (QED) is 0.355. The summed E-state index contributed by atoms with van der Waals surface area (Å²) in [6.07, 6.45) is -10.1. The molecule has 2 rings (SSSR count). The maximum atomic E-state index is 13.2. The number of phenolic OH excluding ortho intramolecular Hbond substituents is 2. The number of halogens is 6. The second-order valence-corrected chi connectivity index (χ2v) is 4.91. The number of nitrogens with two attached hydrogens (primary N) is 2. The summed E-state index contributed by atoms with van der Waals surface area (Å²) in [5.41, 5.74) is 4.39. The maximum absolute atomic E-state index is 13.2. The number of hydrogen-bond acceptors (Lipinski definition) is 4. The molecule has 0 aliphatic rings. The van der Waals surface area contributed by atoms with Crippen LogP contribution in [0.5, 0.6) is 11.5 Å². The average Bonchev–Trinajstić information content (AvgIpc) is 2.41. The minimum Gasteiger partial charge on any atom is -0.506 e. The lowest BCUT2D eigenvalue weighted by Gasteiger charge is -2.19. The van der Waals surface area contributed by atoms with Crippen molar-refractivity contribution in [3.05, 3.63) is 35.4 Å². The van der Waals surface area contributed by atoms with Gasteiger partial charge in [-0.05, 0) is 35.4 Å². The predicted octanol–water partition coefficient (Wildman–Crippen LogP) is 3.97. The number of alkyl halides is 6. The first-order valence-corrected chi connectivity index (χ1v) is 6.22. The summed E-state index contributed by atoms with van der Waals surface area (Å²) >= 11 is 0. The van der Waals surface area contributed by atoms with Crippen LogP contribution in [0, 0.1) is 0 Å². The van der Waals surface area contributed by atoms with Crippen LogP contribution < -0.4 is 11.5 Å². The normalized spacial score (nSPS) is 12.4. The van der Waals surface area contributed by atoms with Gasteiger partial charge in [-0.3, -0.25) is 0 Å². The Labute approximate surface area is 130 Å². The van der Waals surface area contributed by atoms with Crippen molar-refractivity contribution in [1.29, 1.82) is 0 Å². The molecule has 0 aromatic heterocycles. The Bertz CT molecular complexity index is 732. The van der Waals surface area contributed by atoms with E-state index in [-0.39, 0.29) is 6.07 Å². The lowest BCUT2D eigenvalue weighted by molar-refractivity contribution is -0.139. The molecule has 0 fully saturated rings. The molecule has 0 spiro atoms. The van der Waals surface area contributed by atoms with E-state index in [1.807, 2.05) is 0 Å². The molecule has 0 aliphatic heterocycles. The van der Waals surface area contributed by atoms with E-state index in [2.05, 4.69) is 0 Å². The number of aromatic hydroxyl groups is 2. The van der Waals surface area contributed by atoms with Gasteiger partial charge in [-0.2, -0.15) is 26.3 Å².